The molecule has 0 unspecified atom stereocenters. The number of aromatic nitrogens is 2. The second kappa shape index (κ2) is 7.04. The van der Waals surface area contributed by atoms with Gasteiger partial charge in [0.25, 0.3) is 0 Å². The van der Waals surface area contributed by atoms with Crippen molar-refractivity contribution < 1.29 is 9.90 Å². The molecule has 0 spiro atoms. The fourth-order valence-electron chi connectivity index (χ4n) is 2.86. The first-order valence-electron chi connectivity index (χ1n) is 7.82. The van der Waals surface area contributed by atoms with Gasteiger partial charge in [0.1, 0.15) is 0 Å². The van der Waals surface area contributed by atoms with E-state index in [0.29, 0.717) is 6.54 Å². The maximum Gasteiger partial charge on any atom is 0.237 e. The molecule has 2 N–H and O–H groups in total. The maximum atomic E-state index is 12.1. The van der Waals surface area contributed by atoms with E-state index in [-0.39, 0.29) is 18.6 Å². The van der Waals surface area contributed by atoms with Crippen LogP contribution in [-0.4, -0.2) is 44.8 Å². The van der Waals surface area contributed by atoms with E-state index >= 15 is 0 Å². The molecular formula is C15H26N4O2. The number of aliphatic hydroxyl groups is 1. The van der Waals surface area contributed by atoms with Crippen molar-refractivity contribution in [2.24, 2.45) is 0 Å². The van der Waals surface area contributed by atoms with E-state index in [9.17, 15) is 9.90 Å². The average molecular weight is 294 g/mol. The predicted molar refractivity (Wildman–Crippen MR) is 80.7 cm³/mol. The minimum Gasteiger partial charge on any atom is -0.390 e. The van der Waals surface area contributed by atoms with Crippen LogP contribution < -0.4 is 5.32 Å². The summed E-state index contributed by atoms with van der Waals surface area (Å²) in [4.78, 5) is 14.3. The van der Waals surface area contributed by atoms with E-state index in [1.54, 1.807) is 0 Å². The van der Waals surface area contributed by atoms with Gasteiger partial charge < -0.3 is 10.4 Å². The SMILES string of the molecule is CCCNC(=O)[C@@H](C)N1CCc2c(c(CO)nn2CC)C1. The lowest BCUT2D eigenvalue weighted by Gasteiger charge is -2.32. The fourth-order valence-corrected chi connectivity index (χ4v) is 2.86. The summed E-state index contributed by atoms with van der Waals surface area (Å²) in [5.41, 5.74) is 3.05. The molecule has 6 nitrogen and oxygen atoms in total. The van der Waals surface area contributed by atoms with Crippen molar-refractivity contribution in [3.05, 3.63) is 17.0 Å². The molecule has 0 radical (unpaired) electrons. The molecule has 1 aliphatic rings. The minimum atomic E-state index is -0.152. The number of carbonyl (C=O) groups excluding carboxylic acids is 1. The van der Waals surface area contributed by atoms with Crippen LogP contribution in [-0.2, 0) is 30.9 Å². The molecule has 0 saturated heterocycles. The molecule has 6 heteroatoms. The highest BCUT2D eigenvalue weighted by atomic mass is 16.3. The molecular weight excluding hydrogens is 268 g/mol. The summed E-state index contributed by atoms with van der Waals surface area (Å²) in [5, 5.41) is 16.9. The molecule has 118 valence electrons. The van der Waals surface area contributed by atoms with Crippen LogP contribution in [0.25, 0.3) is 0 Å². The summed E-state index contributed by atoms with van der Waals surface area (Å²) in [6.07, 6.45) is 1.82. The van der Waals surface area contributed by atoms with E-state index in [1.165, 1.54) is 5.69 Å². The number of aryl methyl sites for hydroxylation is 1. The van der Waals surface area contributed by atoms with Crippen LogP contribution in [0.1, 0.15) is 44.1 Å². The van der Waals surface area contributed by atoms with Gasteiger partial charge in [0, 0.05) is 43.9 Å². The molecule has 0 aromatic carbocycles. The van der Waals surface area contributed by atoms with Gasteiger partial charge in [-0.05, 0) is 20.3 Å². The summed E-state index contributed by atoms with van der Waals surface area (Å²) >= 11 is 0. The summed E-state index contributed by atoms with van der Waals surface area (Å²) < 4.78 is 1.97. The zero-order valence-electron chi connectivity index (χ0n) is 13.2. The summed E-state index contributed by atoms with van der Waals surface area (Å²) in [7, 11) is 0. The van der Waals surface area contributed by atoms with Gasteiger partial charge in [-0.3, -0.25) is 14.4 Å². The minimum absolute atomic E-state index is 0.0421. The molecule has 1 aromatic heterocycles. The van der Waals surface area contributed by atoms with Crippen LogP contribution in [0.2, 0.25) is 0 Å². The Bertz CT molecular complexity index is 498. The Morgan fingerprint density at radius 2 is 2.24 bits per heavy atom. The van der Waals surface area contributed by atoms with Crippen LogP contribution in [0.15, 0.2) is 0 Å². The Morgan fingerprint density at radius 1 is 1.48 bits per heavy atom. The molecule has 1 atom stereocenters. The number of hydrogen-bond donors (Lipinski definition) is 2. The molecule has 2 rings (SSSR count). The van der Waals surface area contributed by atoms with Gasteiger partial charge in [0.2, 0.25) is 5.91 Å². The molecule has 0 bridgehead atoms. The van der Waals surface area contributed by atoms with E-state index in [1.807, 2.05) is 18.5 Å². The monoisotopic (exact) mass is 294 g/mol. The van der Waals surface area contributed by atoms with Crippen molar-refractivity contribution in [2.75, 3.05) is 13.1 Å². The number of fused-ring (bicyclic) bond motifs is 1. The highest BCUT2D eigenvalue weighted by Gasteiger charge is 2.29. The summed E-state index contributed by atoms with van der Waals surface area (Å²) in [6, 6.07) is -0.152. The number of carbonyl (C=O) groups is 1. The van der Waals surface area contributed by atoms with Gasteiger partial charge in [0.05, 0.1) is 18.3 Å². The first-order valence-corrected chi connectivity index (χ1v) is 7.82. The third kappa shape index (κ3) is 3.27. The summed E-state index contributed by atoms with van der Waals surface area (Å²) in [5.74, 6) is 0.0775. The van der Waals surface area contributed by atoms with Gasteiger partial charge in [-0.1, -0.05) is 6.92 Å². The molecule has 21 heavy (non-hydrogen) atoms. The highest BCUT2D eigenvalue weighted by Crippen LogP contribution is 2.24. The Hall–Kier alpha value is -1.40. The lowest BCUT2D eigenvalue weighted by Crippen LogP contribution is -2.47. The number of nitrogens with one attached hydrogen (secondary N) is 1. The van der Waals surface area contributed by atoms with Crippen LogP contribution >= 0.6 is 0 Å². The molecule has 2 heterocycles. The van der Waals surface area contributed by atoms with Crippen molar-refractivity contribution in [3.8, 4) is 0 Å². The van der Waals surface area contributed by atoms with Gasteiger partial charge >= 0.3 is 0 Å². The molecule has 0 aliphatic carbocycles. The lowest BCUT2D eigenvalue weighted by molar-refractivity contribution is -0.126. The van der Waals surface area contributed by atoms with Crippen LogP contribution in [0.4, 0.5) is 0 Å². The average Bonchev–Trinajstić information content (AvgIpc) is 2.88. The van der Waals surface area contributed by atoms with Gasteiger partial charge in [-0.2, -0.15) is 5.10 Å². The quantitative estimate of drug-likeness (QED) is 0.809. The third-order valence-electron chi connectivity index (χ3n) is 4.17. The first kappa shape index (κ1) is 16.0. The van der Waals surface area contributed by atoms with Crippen molar-refractivity contribution in [3.63, 3.8) is 0 Å². The maximum absolute atomic E-state index is 12.1. The number of nitrogens with zero attached hydrogens (tertiary/aromatic N) is 3. The molecule has 0 saturated carbocycles. The van der Waals surface area contributed by atoms with Gasteiger partial charge in [-0.15, -0.1) is 0 Å². The van der Waals surface area contributed by atoms with Crippen LogP contribution in [0, 0.1) is 0 Å². The zero-order valence-corrected chi connectivity index (χ0v) is 13.2. The van der Waals surface area contributed by atoms with Gasteiger partial charge in [-0.25, -0.2) is 0 Å². The molecule has 0 fully saturated rings. The second-order valence-corrected chi connectivity index (χ2v) is 5.53. The number of aliphatic hydroxyl groups excluding tert-OH is 1. The lowest BCUT2D eigenvalue weighted by atomic mass is 10.0. The molecule has 1 aliphatic heterocycles. The van der Waals surface area contributed by atoms with E-state index < -0.39 is 0 Å². The van der Waals surface area contributed by atoms with E-state index in [2.05, 4.69) is 22.2 Å². The fraction of sp³-hybridized carbons (Fsp3) is 0.733. The Kier molecular flexibility index (Phi) is 5.36. The zero-order chi connectivity index (χ0) is 15.4. The number of hydrogen-bond acceptors (Lipinski definition) is 4. The largest absolute Gasteiger partial charge is 0.390 e. The standard InChI is InChI=1S/C15H26N4O2/c1-4-7-16-15(21)11(3)18-8-6-14-12(9-18)13(10-20)17-19(14)5-2/h11,20H,4-10H2,1-3H3,(H,16,21)/t11-/m1/s1. The smallest absolute Gasteiger partial charge is 0.237 e. The van der Waals surface area contributed by atoms with Crippen LogP contribution in [0.3, 0.4) is 0 Å². The molecule has 1 aromatic rings. The Balaban J connectivity index is 2.11. The number of rotatable bonds is 6. The Labute approximate surface area is 126 Å². The van der Waals surface area contributed by atoms with Crippen molar-refractivity contribution in [1.29, 1.82) is 0 Å². The first-order chi connectivity index (χ1) is 10.1. The number of amides is 1. The van der Waals surface area contributed by atoms with Crippen molar-refractivity contribution in [1.82, 2.24) is 20.0 Å². The second-order valence-electron chi connectivity index (χ2n) is 5.53. The third-order valence-corrected chi connectivity index (χ3v) is 4.17. The predicted octanol–water partition coefficient (Wildman–Crippen LogP) is 0.668. The topological polar surface area (TPSA) is 70.4 Å². The highest BCUT2D eigenvalue weighted by molar-refractivity contribution is 5.81. The van der Waals surface area contributed by atoms with E-state index in [4.69, 9.17) is 0 Å². The summed E-state index contributed by atoms with van der Waals surface area (Å²) in [6.45, 7) is 9.08. The van der Waals surface area contributed by atoms with Crippen LogP contribution in [0.5, 0.6) is 0 Å². The normalized spacial score (nSPS) is 16.6. The van der Waals surface area contributed by atoms with Crippen molar-refractivity contribution in [2.45, 2.75) is 59.4 Å². The van der Waals surface area contributed by atoms with Gasteiger partial charge in [0.15, 0.2) is 0 Å². The van der Waals surface area contributed by atoms with Crippen molar-refractivity contribution >= 4 is 5.91 Å². The molecule has 1 amide bonds. The Morgan fingerprint density at radius 3 is 2.86 bits per heavy atom. The van der Waals surface area contributed by atoms with E-state index in [0.717, 1.165) is 43.7 Å².